The summed E-state index contributed by atoms with van der Waals surface area (Å²) in [5.74, 6) is -1.86. The Morgan fingerprint density at radius 3 is 2.02 bits per heavy atom. The number of unbranched alkanes of at least 4 members (excludes halogenated alkanes) is 1. The number of phenols is 1. The number of nitrogens with one attached hydrogen (secondary N) is 2. The van der Waals surface area contributed by atoms with Crippen LogP contribution in [0.1, 0.15) is 88.7 Å². The first-order chi connectivity index (χ1) is 23.0. The fraction of sp³-hybridized carbons (Fsp3) is 0.405. The van der Waals surface area contributed by atoms with Gasteiger partial charge in [0.15, 0.2) is 0 Å². The Hall–Kier alpha value is -4.74. The van der Waals surface area contributed by atoms with E-state index in [9.17, 15) is 29.4 Å². The number of hydrazine groups is 1. The van der Waals surface area contributed by atoms with Crippen molar-refractivity contribution in [3.8, 4) is 5.75 Å². The summed E-state index contributed by atoms with van der Waals surface area (Å²) in [4.78, 5) is 54.1. The van der Waals surface area contributed by atoms with E-state index in [2.05, 4.69) is 10.7 Å². The van der Waals surface area contributed by atoms with Crippen molar-refractivity contribution in [3.05, 3.63) is 101 Å². The molecule has 0 saturated heterocycles. The molecule has 3 aromatic carbocycles. The van der Waals surface area contributed by atoms with Crippen LogP contribution in [0, 0.1) is 0 Å². The maximum Gasteiger partial charge on any atom is 0.253 e. The molecule has 3 rings (SSSR count). The fourth-order valence-electron chi connectivity index (χ4n) is 5.37. The minimum Gasteiger partial charge on any atom is -0.508 e. The van der Waals surface area contributed by atoms with Crippen LogP contribution < -0.4 is 16.5 Å². The first-order valence-corrected chi connectivity index (χ1v) is 16.6. The van der Waals surface area contributed by atoms with Crippen LogP contribution in [0.3, 0.4) is 0 Å². The molecule has 2 unspecified atom stereocenters. The van der Waals surface area contributed by atoms with Crippen molar-refractivity contribution in [2.24, 2.45) is 5.73 Å². The van der Waals surface area contributed by atoms with Gasteiger partial charge in [0.25, 0.3) is 11.8 Å². The highest BCUT2D eigenvalue weighted by Crippen LogP contribution is 2.17. The molecule has 0 bridgehead atoms. The molecule has 0 aliphatic rings. The lowest BCUT2D eigenvalue weighted by Gasteiger charge is -2.30. The third-order valence-electron chi connectivity index (χ3n) is 7.85. The summed E-state index contributed by atoms with van der Waals surface area (Å²) in [5.41, 5.74) is 10.3. The van der Waals surface area contributed by atoms with E-state index in [1.807, 2.05) is 51.1 Å². The molecule has 48 heavy (non-hydrogen) atoms. The first kappa shape index (κ1) is 37.7. The van der Waals surface area contributed by atoms with Crippen molar-refractivity contribution >= 4 is 23.6 Å². The lowest BCUT2D eigenvalue weighted by atomic mass is 9.99. The molecule has 11 nitrogen and oxygen atoms in total. The fourth-order valence-corrected chi connectivity index (χ4v) is 5.37. The van der Waals surface area contributed by atoms with E-state index < -0.39 is 24.0 Å². The zero-order valence-corrected chi connectivity index (χ0v) is 28.2. The minimum absolute atomic E-state index is 0.0115. The Labute approximate surface area is 283 Å². The maximum absolute atomic E-state index is 13.8. The van der Waals surface area contributed by atoms with Gasteiger partial charge < -0.3 is 26.2 Å². The smallest absolute Gasteiger partial charge is 0.253 e. The highest BCUT2D eigenvalue weighted by Gasteiger charge is 2.27. The van der Waals surface area contributed by atoms with Gasteiger partial charge in [-0.05, 0) is 67.1 Å². The zero-order valence-electron chi connectivity index (χ0n) is 28.2. The largest absolute Gasteiger partial charge is 0.508 e. The van der Waals surface area contributed by atoms with E-state index in [0.717, 1.165) is 36.8 Å². The Morgan fingerprint density at radius 1 is 0.792 bits per heavy atom. The number of phenolic OH excluding ortho intramolecular Hbond substituents is 1. The highest BCUT2D eigenvalue weighted by atomic mass is 16.3. The summed E-state index contributed by atoms with van der Waals surface area (Å²) >= 11 is 0. The second-order valence-corrected chi connectivity index (χ2v) is 12.0. The number of benzene rings is 3. The third-order valence-corrected chi connectivity index (χ3v) is 7.85. The van der Waals surface area contributed by atoms with Crippen LogP contribution in [-0.2, 0) is 17.6 Å². The summed E-state index contributed by atoms with van der Waals surface area (Å²) in [7, 11) is 0. The van der Waals surface area contributed by atoms with Gasteiger partial charge in [-0.25, -0.2) is 5.01 Å². The molecule has 2 atom stereocenters. The summed E-state index contributed by atoms with van der Waals surface area (Å²) in [6.07, 6.45) is 2.31. The molecular weight excluding hydrogens is 610 g/mol. The van der Waals surface area contributed by atoms with Crippen LogP contribution in [0.25, 0.3) is 0 Å². The van der Waals surface area contributed by atoms with Gasteiger partial charge in [-0.2, -0.15) is 0 Å². The number of aliphatic hydroxyl groups excluding tert-OH is 1. The summed E-state index contributed by atoms with van der Waals surface area (Å²) in [6, 6.07) is 19.1. The molecule has 0 saturated carbocycles. The van der Waals surface area contributed by atoms with Gasteiger partial charge in [0.05, 0.1) is 18.6 Å². The number of aromatic hydroxyl groups is 1. The lowest BCUT2D eigenvalue weighted by Crippen LogP contribution is -2.53. The predicted octanol–water partition coefficient (Wildman–Crippen LogP) is 3.83. The maximum atomic E-state index is 13.8. The van der Waals surface area contributed by atoms with E-state index in [1.54, 1.807) is 22.0 Å². The Bertz CT molecular complexity index is 1490. The number of carbonyl (C=O) groups excluding carboxylic acids is 4. The van der Waals surface area contributed by atoms with E-state index in [1.165, 1.54) is 30.3 Å². The molecule has 0 aromatic heterocycles. The average molecular weight is 660 g/mol. The average Bonchev–Trinajstić information content (AvgIpc) is 3.07. The summed E-state index contributed by atoms with van der Waals surface area (Å²) in [6.45, 7) is 7.48. The van der Waals surface area contributed by atoms with Crippen molar-refractivity contribution in [1.29, 1.82) is 0 Å². The SMILES string of the molecule is CCCCN(CC(O)C(Cc1ccc(O)cc1)NC(=O)c1cc(C(N)=O)cc(C(=O)N(CCC)CCC)c1)NC(=O)Cc1ccccc1. The molecule has 4 amide bonds. The number of nitrogens with two attached hydrogens (primary N) is 1. The summed E-state index contributed by atoms with van der Waals surface area (Å²) in [5, 5.41) is 25.9. The van der Waals surface area contributed by atoms with Crippen LogP contribution in [0.2, 0.25) is 0 Å². The molecule has 3 aromatic rings. The van der Waals surface area contributed by atoms with Gasteiger partial charge in [0.2, 0.25) is 11.8 Å². The second-order valence-electron chi connectivity index (χ2n) is 12.0. The molecule has 0 heterocycles. The molecule has 6 N–H and O–H groups in total. The molecule has 0 aliphatic heterocycles. The molecule has 0 fully saturated rings. The Morgan fingerprint density at radius 2 is 1.42 bits per heavy atom. The molecule has 11 heteroatoms. The number of hydrogen-bond acceptors (Lipinski definition) is 7. The van der Waals surface area contributed by atoms with Crippen LogP contribution in [0.4, 0.5) is 0 Å². The lowest BCUT2D eigenvalue weighted by molar-refractivity contribution is -0.126. The van der Waals surface area contributed by atoms with Gasteiger partial charge in [-0.15, -0.1) is 0 Å². The highest BCUT2D eigenvalue weighted by molar-refractivity contribution is 6.04. The van der Waals surface area contributed by atoms with Crippen molar-refractivity contribution in [2.45, 2.75) is 71.4 Å². The number of aliphatic hydroxyl groups is 1. The summed E-state index contributed by atoms with van der Waals surface area (Å²) < 4.78 is 0. The first-order valence-electron chi connectivity index (χ1n) is 16.6. The third kappa shape index (κ3) is 11.8. The van der Waals surface area contributed by atoms with Crippen LogP contribution >= 0.6 is 0 Å². The van der Waals surface area contributed by atoms with Crippen molar-refractivity contribution in [1.82, 2.24) is 20.7 Å². The molecule has 0 aliphatic carbocycles. The quantitative estimate of drug-likeness (QED) is 0.122. The molecule has 258 valence electrons. The second kappa shape index (κ2) is 19.2. The number of nitrogens with zero attached hydrogens (tertiary/aromatic N) is 2. The Kier molecular flexibility index (Phi) is 15.1. The number of hydrogen-bond donors (Lipinski definition) is 5. The molecule has 0 spiro atoms. The van der Waals surface area contributed by atoms with E-state index in [0.29, 0.717) is 19.6 Å². The normalized spacial score (nSPS) is 12.3. The van der Waals surface area contributed by atoms with Gasteiger partial charge in [0.1, 0.15) is 5.75 Å². The van der Waals surface area contributed by atoms with Crippen LogP contribution in [-0.4, -0.2) is 82.1 Å². The van der Waals surface area contributed by atoms with Gasteiger partial charge >= 0.3 is 0 Å². The van der Waals surface area contributed by atoms with Crippen LogP contribution in [0.5, 0.6) is 5.75 Å². The van der Waals surface area contributed by atoms with Crippen molar-refractivity contribution in [2.75, 3.05) is 26.2 Å². The van der Waals surface area contributed by atoms with E-state index in [4.69, 9.17) is 5.73 Å². The topological polar surface area (TPSA) is 165 Å². The molecular formula is C37H49N5O6. The number of primary amides is 1. The predicted molar refractivity (Wildman–Crippen MR) is 185 cm³/mol. The van der Waals surface area contributed by atoms with Crippen LogP contribution in [0.15, 0.2) is 72.8 Å². The van der Waals surface area contributed by atoms with Gasteiger partial charge in [-0.3, -0.25) is 24.6 Å². The number of rotatable bonds is 19. The van der Waals surface area contributed by atoms with Gasteiger partial charge in [-0.1, -0.05) is 69.7 Å². The molecule has 0 radical (unpaired) electrons. The number of amides is 4. The monoisotopic (exact) mass is 659 g/mol. The zero-order chi connectivity index (χ0) is 35.1. The van der Waals surface area contributed by atoms with Crippen molar-refractivity contribution in [3.63, 3.8) is 0 Å². The van der Waals surface area contributed by atoms with E-state index >= 15 is 0 Å². The number of carbonyl (C=O) groups is 4. The van der Waals surface area contributed by atoms with Crippen molar-refractivity contribution < 1.29 is 29.4 Å². The standard InChI is InChI=1S/C37H49N5O6/c1-4-7-19-42(40-34(45)21-26-11-9-8-10-12-26)25-33(44)32(20-27-13-15-31(43)16-14-27)39-36(47)29-22-28(35(38)46)23-30(24-29)37(48)41(17-5-2)18-6-3/h8-16,22-24,32-33,43-44H,4-7,17-21,25H2,1-3H3,(H2,38,46)(H,39,47)(H,40,45). The Balaban J connectivity index is 1.89. The van der Waals surface area contributed by atoms with E-state index in [-0.39, 0.29) is 53.6 Å². The van der Waals surface area contributed by atoms with Gasteiger partial charge in [0, 0.05) is 42.9 Å². The minimum atomic E-state index is -1.15.